The molecule has 1 aromatic rings. The van der Waals surface area contributed by atoms with Crippen molar-refractivity contribution in [2.75, 3.05) is 14.2 Å². The second-order valence-electron chi connectivity index (χ2n) is 4.24. The second-order valence-corrected chi connectivity index (χ2v) is 5.16. The summed E-state index contributed by atoms with van der Waals surface area (Å²) in [5.74, 6) is 0.991. The Morgan fingerprint density at radius 2 is 2.18 bits per heavy atom. The lowest BCUT2D eigenvalue weighted by atomic mass is 10.0. The van der Waals surface area contributed by atoms with Crippen LogP contribution in [0.1, 0.15) is 31.7 Å². The SMILES string of the molecule is CCC(CCCc1cc(Br)ccc1OC)NC. The lowest BCUT2D eigenvalue weighted by molar-refractivity contribution is 0.407. The van der Waals surface area contributed by atoms with Crippen molar-refractivity contribution in [2.24, 2.45) is 0 Å². The molecule has 0 amide bonds. The molecule has 17 heavy (non-hydrogen) atoms. The first kappa shape index (κ1) is 14.5. The molecule has 96 valence electrons. The van der Waals surface area contributed by atoms with Crippen LogP contribution in [-0.2, 0) is 6.42 Å². The standard InChI is InChI=1S/C14H22BrNO/c1-4-13(16-2)7-5-6-11-10-12(15)8-9-14(11)17-3/h8-10,13,16H,4-7H2,1-3H3. The van der Waals surface area contributed by atoms with Crippen LogP contribution in [0.5, 0.6) is 5.75 Å². The summed E-state index contributed by atoms with van der Waals surface area (Å²) in [5.41, 5.74) is 1.29. The fraction of sp³-hybridized carbons (Fsp3) is 0.571. The number of benzene rings is 1. The molecule has 1 aromatic carbocycles. The van der Waals surface area contributed by atoms with Crippen LogP contribution in [0.25, 0.3) is 0 Å². The summed E-state index contributed by atoms with van der Waals surface area (Å²) in [6.45, 7) is 2.22. The molecule has 1 N–H and O–H groups in total. The van der Waals surface area contributed by atoms with Crippen molar-refractivity contribution in [3.8, 4) is 5.75 Å². The predicted octanol–water partition coefficient (Wildman–Crippen LogP) is 3.78. The highest BCUT2D eigenvalue weighted by Crippen LogP contribution is 2.24. The number of ether oxygens (including phenoxy) is 1. The molecule has 0 bridgehead atoms. The van der Waals surface area contributed by atoms with Gasteiger partial charge in [0, 0.05) is 10.5 Å². The number of halogens is 1. The Kier molecular flexibility index (Phi) is 6.60. The van der Waals surface area contributed by atoms with Crippen LogP contribution in [0.4, 0.5) is 0 Å². The largest absolute Gasteiger partial charge is 0.496 e. The van der Waals surface area contributed by atoms with E-state index >= 15 is 0 Å². The van der Waals surface area contributed by atoms with Gasteiger partial charge < -0.3 is 10.1 Å². The molecule has 1 atom stereocenters. The first-order valence-corrected chi connectivity index (χ1v) is 7.00. The van der Waals surface area contributed by atoms with Crippen molar-refractivity contribution in [1.29, 1.82) is 0 Å². The van der Waals surface area contributed by atoms with Crippen molar-refractivity contribution in [2.45, 2.75) is 38.6 Å². The maximum Gasteiger partial charge on any atom is 0.122 e. The van der Waals surface area contributed by atoms with E-state index in [1.807, 2.05) is 19.2 Å². The number of hydrogen-bond acceptors (Lipinski definition) is 2. The summed E-state index contributed by atoms with van der Waals surface area (Å²) in [6.07, 6.45) is 4.65. The van der Waals surface area contributed by atoms with Crippen LogP contribution in [-0.4, -0.2) is 20.2 Å². The Morgan fingerprint density at radius 3 is 2.76 bits per heavy atom. The molecular weight excluding hydrogens is 278 g/mol. The molecule has 0 fully saturated rings. The molecule has 1 rings (SSSR count). The van der Waals surface area contributed by atoms with Gasteiger partial charge in [0.1, 0.15) is 5.75 Å². The van der Waals surface area contributed by atoms with Gasteiger partial charge in [0.2, 0.25) is 0 Å². The lowest BCUT2D eigenvalue weighted by Gasteiger charge is -2.14. The Labute approximate surface area is 113 Å². The highest BCUT2D eigenvalue weighted by Gasteiger charge is 2.06. The highest BCUT2D eigenvalue weighted by molar-refractivity contribution is 9.10. The van der Waals surface area contributed by atoms with Crippen LogP contribution in [0.15, 0.2) is 22.7 Å². The van der Waals surface area contributed by atoms with E-state index in [4.69, 9.17) is 4.74 Å². The van der Waals surface area contributed by atoms with E-state index in [0.717, 1.165) is 16.6 Å². The van der Waals surface area contributed by atoms with Gasteiger partial charge in [0.25, 0.3) is 0 Å². The monoisotopic (exact) mass is 299 g/mol. The molecule has 0 aliphatic carbocycles. The summed E-state index contributed by atoms with van der Waals surface area (Å²) in [7, 11) is 3.77. The van der Waals surface area contributed by atoms with E-state index in [-0.39, 0.29) is 0 Å². The molecule has 0 aromatic heterocycles. The van der Waals surface area contributed by atoms with Gasteiger partial charge in [-0.15, -0.1) is 0 Å². The Hall–Kier alpha value is -0.540. The van der Waals surface area contributed by atoms with Crippen molar-refractivity contribution >= 4 is 15.9 Å². The molecular formula is C14H22BrNO. The zero-order chi connectivity index (χ0) is 12.7. The van der Waals surface area contributed by atoms with E-state index in [0.29, 0.717) is 6.04 Å². The minimum Gasteiger partial charge on any atom is -0.496 e. The van der Waals surface area contributed by atoms with Crippen LogP contribution < -0.4 is 10.1 Å². The normalized spacial score (nSPS) is 12.5. The van der Waals surface area contributed by atoms with E-state index in [9.17, 15) is 0 Å². The zero-order valence-electron chi connectivity index (χ0n) is 10.9. The third kappa shape index (κ3) is 4.68. The van der Waals surface area contributed by atoms with Gasteiger partial charge in [0.15, 0.2) is 0 Å². The van der Waals surface area contributed by atoms with Crippen molar-refractivity contribution in [3.63, 3.8) is 0 Å². The zero-order valence-corrected chi connectivity index (χ0v) is 12.5. The highest BCUT2D eigenvalue weighted by atomic mass is 79.9. The van der Waals surface area contributed by atoms with E-state index in [1.165, 1.54) is 24.8 Å². The molecule has 0 radical (unpaired) electrons. The molecule has 0 saturated carbocycles. The average Bonchev–Trinajstić information content (AvgIpc) is 2.35. The van der Waals surface area contributed by atoms with E-state index in [1.54, 1.807) is 7.11 Å². The van der Waals surface area contributed by atoms with Gasteiger partial charge in [-0.2, -0.15) is 0 Å². The topological polar surface area (TPSA) is 21.3 Å². The summed E-state index contributed by atoms with van der Waals surface area (Å²) in [5, 5.41) is 3.34. The number of methoxy groups -OCH3 is 1. The first-order valence-electron chi connectivity index (χ1n) is 6.21. The van der Waals surface area contributed by atoms with Crippen LogP contribution >= 0.6 is 15.9 Å². The molecule has 2 nitrogen and oxygen atoms in total. The Morgan fingerprint density at radius 1 is 1.41 bits per heavy atom. The second kappa shape index (κ2) is 7.72. The van der Waals surface area contributed by atoms with Crippen molar-refractivity contribution < 1.29 is 4.74 Å². The maximum atomic E-state index is 5.37. The molecule has 0 aliphatic rings. The minimum absolute atomic E-state index is 0.633. The number of hydrogen-bond donors (Lipinski definition) is 1. The molecule has 0 spiro atoms. The molecule has 3 heteroatoms. The summed E-state index contributed by atoms with van der Waals surface area (Å²) in [6, 6.07) is 6.83. The van der Waals surface area contributed by atoms with E-state index in [2.05, 4.69) is 34.2 Å². The molecule has 0 saturated heterocycles. The van der Waals surface area contributed by atoms with Gasteiger partial charge in [-0.05, 0) is 56.5 Å². The van der Waals surface area contributed by atoms with Gasteiger partial charge in [-0.3, -0.25) is 0 Å². The molecule has 0 aliphatic heterocycles. The third-order valence-electron chi connectivity index (χ3n) is 3.14. The number of aryl methyl sites for hydroxylation is 1. The van der Waals surface area contributed by atoms with E-state index < -0.39 is 0 Å². The minimum atomic E-state index is 0.633. The lowest BCUT2D eigenvalue weighted by Crippen LogP contribution is -2.23. The van der Waals surface area contributed by atoms with Crippen LogP contribution in [0.3, 0.4) is 0 Å². The van der Waals surface area contributed by atoms with Crippen LogP contribution in [0, 0.1) is 0 Å². The van der Waals surface area contributed by atoms with Crippen molar-refractivity contribution in [3.05, 3.63) is 28.2 Å². The van der Waals surface area contributed by atoms with Gasteiger partial charge >= 0.3 is 0 Å². The van der Waals surface area contributed by atoms with Crippen molar-refractivity contribution in [1.82, 2.24) is 5.32 Å². The Bertz CT molecular complexity index is 337. The summed E-state index contributed by atoms with van der Waals surface area (Å²) < 4.78 is 6.49. The average molecular weight is 300 g/mol. The maximum absolute atomic E-state index is 5.37. The fourth-order valence-electron chi connectivity index (χ4n) is 2.03. The smallest absolute Gasteiger partial charge is 0.122 e. The fourth-order valence-corrected chi connectivity index (χ4v) is 2.44. The number of rotatable bonds is 7. The van der Waals surface area contributed by atoms with Crippen LogP contribution in [0.2, 0.25) is 0 Å². The predicted molar refractivity (Wildman–Crippen MR) is 76.8 cm³/mol. The van der Waals surface area contributed by atoms with Gasteiger partial charge in [-0.25, -0.2) is 0 Å². The third-order valence-corrected chi connectivity index (χ3v) is 3.64. The molecule has 0 heterocycles. The quantitative estimate of drug-likeness (QED) is 0.827. The summed E-state index contributed by atoms with van der Waals surface area (Å²) >= 11 is 3.51. The van der Waals surface area contributed by atoms with Gasteiger partial charge in [-0.1, -0.05) is 22.9 Å². The molecule has 1 unspecified atom stereocenters. The first-order chi connectivity index (χ1) is 8.21. The Balaban J connectivity index is 2.53. The number of nitrogens with one attached hydrogen (secondary N) is 1. The summed E-state index contributed by atoms with van der Waals surface area (Å²) in [4.78, 5) is 0. The van der Waals surface area contributed by atoms with Gasteiger partial charge in [0.05, 0.1) is 7.11 Å².